The molecule has 13 heteroatoms. The van der Waals surface area contributed by atoms with Crippen LogP contribution in [0, 0.1) is 5.41 Å². The maximum atomic E-state index is 15.3. The zero-order valence-corrected chi connectivity index (χ0v) is 18.8. The lowest BCUT2D eigenvalue weighted by Gasteiger charge is -2.49. The summed E-state index contributed by atoms with van der Waals surface area (Å²) in [5.74, 6) is -3.08. The zero-order chi connectivity index (χ0) is 24.5. The van der Waals surface area contributed by atoms with Crippen molar-refractivity contribution in [2.24, 2.45) is 5.41 Å². The Morgan fingerprint density at radius 1 is 1.18 bits per heavy atom. The first-order valence-corrected chi connectivity index (χ1v) is 10.7. The number of alkyl halides is 2. The number of nitrogens with one attached hydrogen (secondary N) is 2. The van der Waals surface area contributed by atoms with E-state index in [9.17, 15) is 14.4 Å². The van der Waals surface area contributed by atoms with E-state index in [1.165, 1.54) is 32.8 Å². The summed E-state index contributed by atoms with van der Waals surface area (Å²) in [5.41, 5.74) is -2.48. The summed E-state index contributed by atoms with van der Waals surface area (Å²) in [4.78, 5) is 47.5. The second-order valence-corrected chi connectivity index (χ2v) is 9.77. The van der Waals surface area contributed by atoms with Crippen LogP contribution in [0.1, 0.15) is 20.8 Å². The van der Waals surface area contributed by atoms with Gasteiger partial charge >= 0.3 is 11.8 Å². The number of rotatable bonds is 2. The molecule has 2 aliphatic heterocycles. The monoisotopic (exact) mass is 475 g/mol. The number of aromatic nitrogens is 5. The number of carbonyl (C=O) groups excluding carboxylic acids is 1. The van der Waals surface area contributed by atoms with Crippen LogP contribution in [0.15, 0.2) is 34.2 Å². The zero-order valence-electron chi connectivity index (χ0n) is 18.8. The number of nitrogens with zero attached hydrogens (tertiary/aromatic N) is 5. The van der Waals surface area contributed by atoms with Crippen molar-refractivity contribution in [1.82, 2.24) is 29.5 Å². The van der Waals surface area contributed by atoms with Gasteiger partial charge in [0, 0.05) is 38.2 Å². The maximum Gasteiger partial charge on any atom is 0.410 e. The third kappa shape index (κ3) is 3.51. The van der Waals surface area contributed by atoms with Crippen LogP contribution >= 0.6 is 0 Å². The smallest absolute Gasteiger partial charge is 0.410 e. The highest BCUT2D eigenvalue weighted by Crippen LogP contribution is 2.51. The van der Waals surface area contributed by atoms with Gasteiger partial charge < -0.3 is 19.5 Å². The van der Waals surface area contributed by atoms with Crippen molar-refractivity contribution >= 4 is 17.4 Å². The molecule has 180 valence electrons. The minimum Gasteiger partial charge on any atom is -0.444 e. The number of fused-ring (bicyclic) bond motifs is 1. The number of carbonyl (C=O) groups is 1. The Morgan fingerprint density at radius 3 is 2.59 bits per heavy atom. The van der Waals surface area contributed by atoms with Crippen molar-refractivity contribution < 1.29 is 18.3 Å². The molecule has 5 rings (SSSR count). The van der Waals surface area contributed by atoms with Gasteiger partial charge in [0.25, 0.3) is 11.5 Å². The number of ether oxygens (including phenoxy) is 1. The first-order valence-electron chi connectivity index (χ1n) is 10.7. The summed E-state index contributed by atoms with van der Waals surface area (Å²) in [5, 5.41) is 4.33. The highest BCUT2D eigenvalue weighted by atomic mass is 19.3. The van der Waals surface area contributed by atoms with E-state index in [1.54, 1.807) is 27.0 Å². The molecule has 3 aromatic rings. The Balaban J connectivity index is 1.47. The van der Waals surface area contributed by atoms with Crippen LogP contribution < -0.4 is 16.1 Å². The number of halogens is 2. The third-order valence-electron chi connectivity index (χ3n) is 6.07. The number of hydrogen-bond acceptors (Lipinski definition) is 7. The fourth-order valence-electron chi connectivity index (χ4n) is 4.45. The van der Waals surface area contributed by atoms with Crippen molar-refractivity contribution in [2.45, 2.75) is 32.3 Å². The molecule has 0 aliphatic carbocycles. The van der Waals surface area contributed by atoms with Crippen LogP contribution in [-0.2, 0) is 4.74 Å². The molecular formula is C21H23F2N7O4. The van der Waals surface area contributed by atoms with Gasteiger partial charge in [-0.25, -0.2) is 27.9 Å². The summed E-state index contributed by atoms with van der Waals surface area (Å²) in [6.07, 6.45) is 3.62. The second kappa shape index (κ2) is 7.11. The van der Waals surface area contributed by atoms with E-state index in [4.69, 9.17) is 4.74 Å². The van der Waals surface area contributed by atoms with Crippen molar-refractivity contribution in [3.05, 3.63) is 45.5 Å². The minimum absolute atomic E-state index is 0.0206. The Kier molecular flexibility index (Phi) is 4.61. The van der Waals surface area contributed by atoms with E-state index in [0.29, 0.717) is 11.3 Å². The molecule has 0 aromatic carbocycles. The van der Waals surface area contributed by atoms with Crippen LogP contribution in [0.5, 0.6) is 0 Å². The molecule has 0 unspecified atom stereocenters. The molecule has 1 spiro atoms. The molecular weight excluding hydrogens is 452 g/mol. The van der Waals surface area contributed by atoms with E-state index in [-0.39, 0.29) is 30.9 Å². The van der Waals surface area contributed by atoms with E-state index < -0.39 is 40.8 Å². The molecule has 0 bridgehead atoms. The molecule has 2 saturated heterocycles. The highest BCUT2D eigenvalue weighted by Gasteiger charge is 2.67. The largest absolute Gasteiger partial charge is 0.444 e. The van der Waals surface area contributed by atoms with Crippen molar-refractivity contribution in [1.29, 1.82) is 0 Å². The fraction of sp³-hybridized carbons (Fsp3) is 0.476. The lowest BCUT2D eigenvalue weighted by atomic mass is 9.76. The lowest BCUT2D eigenvalue weighted by Crippen LogP contribution is -2.66. The van der Waals surface area contributed by atoms with E-state index in [2.05, 4.69) is 20.1 Å². The first-order chi connectivity index (χ1) is 15.9. The van der Waals surface area contributed by atoms with Gasteiger partial charge in [0.05, 0.1) is 23.2 Å². The van der Waals surface area contributed by atoms with E-state index >= 15 is 8.78 Å². The number of hydrogen-bond donors (Lipinski definition) is 2. The van der Waals surface area contributed by atoms with Gasteiger partial charge in [-0.3, -0.25) is 9.78 Å². The van der Waals surface area contributed by atoms with Crippen LogP contribution in [-0.4, -0.2) is 73.3 Å². The molecule has 5 heterocycles. The lowest BCUT2D eigenvalue weighted by molar-refractivity contribution is -0.151. The Morgan fingerprint density at radius 2 is 1.91 bits per heavy atom. The standard InChI is InChI=1S/C21H23F2N7O4/c1-19(2,3)34-18(33)29-9-20(10-29)8-28(11-21(20,22)23)14-6-13(27-30-5-4-24-15(14)30)12-7-25-17(32)26-16(12)31/h4-7H,8-11H2,1-3H3,(H2,25,26,31,32). The topological polar surface area (TPSA) is 129 Å². The van der Waals surface area contributed by atoms with Crippen LogP contribution in [0.25, 0.3) is 16.9 Å². The summed E-state index contributed by atoms with van der Waals surface area (Å²) in [7, 11) is 0. The van der Waals surface area contributed by atoms with Gasteiger partial charge in [0.15, 0.2) is 5.65 Å². The SMILES string of the molecule is CC(C)(C)OC(=O)N1CC2(C1)CN(c1cc(-c3c[nH]c(=O)[nH]c3=O)nn3ccnc13)CC2(F)F. The normalized spacial score (nSPS) is 19.0. The minimum atomic E-state index is -3.08. The summed E-state index contributed by atoms with van der Waals surface area (Å²) in [6.45, 7) is 4.29. The number of H-pyrrole nitrogens is 2. The molecule has 2 N–H and O–H groups in total. The molecule has 1 amide bonds. The van der Waals surface area contributed by atoms with Gasteiger partial charge in [0.1, 0.15) is 11.3 Å². The number of anilines is 1. The molecule has 2 fully saturated rings. The summed E-state index contributed by atoms with van der Waals surface area (Å²) < 4.78 is 37.2. The van der Waals surface area contributed by atoms with Crippen molar-refractivity contribution in [3.8, 4) is 11.3 Å². The second-order valence-electron chi connectivity index (χ2n) is 9.77. The summed E-state index contributed by atoms with van der Waals surface area (Å²) >= 11 is 0. The Bertz CT molecular complexity index is 1400. The molecule has 0 radical (unpaired) electrons. The fourth-order valence-corrected chi connectivity index (χ4v) is 4.45. The Labute approximate surface area is 191 Å². The first kappa shape index (κ1) is 22.0. The molecule has 0 saturated carbocycles. The van der Waals surface area contributed by atoms with Gasteiger partial charge in [-0.2, -0.15) is 5.10 Å². The number of aromatic amines is 2. The van der Waals surface area contributed by atoms with Crippen LogP contribution in [0.2, 0.25) is 0 Å². The van der Waals surface area contributed by atoms with Crippen LogP contribution in [0.4, 0.5) is 19.3 Å². The van der Waals surface area contributed by atoms with Crippen molar-refractivity contribution in [2.75, 3.05) is 31.1 Å². The molecule has 0 atom stereocenters. The van der Waals surface area contributed by atoms with E-state index in [1.807, 2.05) is 0 Å². The predicted molar refractivity (Wildman–Crippen MR) is 117 cm³/mol. The predicted octanol–water partition coefficient (Wildman–Crippen LogP) is 1.47. The van der Waals surface area contributed by atoms with Crippen LogP contribution in [0.3, 0.4) is 0 Å². The molecule has 3 aromatic heterocycles. The number of imidazole rings is 1. The average Bonchev–Trinajstić information content (AvgIpc) is 3.26. The van der Waals surface area contributed by atoms with Gasteiger partial charge in [0.2, 0.25) is 0 Å². The van der Waals surface area contributed by atoms with Gasteiger partial charge in [-0.15, -0.1) is 0 Å². The van der Waals surface area contributed by atoms with E-state index in [0.717, 1.165) is 0 Å². The van der Waals surface area contributed by atoms with Gasteiger partial charge in [-0.05, 0) is 26.8 Å². The number of amides is 1. The van der Waals surface area contributed by atoms with Gasteiger partial charge in [-0.1, -0.05) is 0 Å². The maximum absolute atomic E-state index is 15.3. The third-order valence-corrected chi connectivity index (χ3v) is 6.07. The number of likely N-dealkylation sites (tertiary alicyclic amines) is 1. The Hall–Kier alpha value is -3.77. The van der Waals surface area contributed by atoms with Crippen molar-refractivity contribution in [3.63, 3.8) is 0 Å². The summed E-state index contributed by atoms with van der Waals surface area (Å²) in [6, 6.07) is 1.50. The molecule has 11 nitrogen and oxygen atoms in total. The average molecular weight is 475 g/mol. The molecule has 2 aliphatic rings. The highest BCUT2D eigenvalue weighted by molar-refractivity contribution is 5.75. The quantitative estimate of drug-likeness (QED) is 0.574. The molecule has 34 heavy (non-hydrogen) atoms.